The molecule has 0 aliphatic carbocycles. The zero-order valence-electron chi connectivity index (χ0n) is 39.0. The first-order valence-corrected chi connectivity index (χ1v) is 22.2. The Kier molecular flexibility index (Phi) is 18.2. The van der Waals surface area contributed by atoms with Crippen LogP contribution in [-0.2, 0) is 0 Å². The van der Waals surface area contributed by atoms with Gasteiger partial charge in [0.1, 0.15) is 23.3 Å². The van der Waals surface area contributed by atoms with Crippen LogP contribution >= 0.6 is 0 Å². The van der Waals surface area contributed by atoms with Gasteiger partial charge in [-0.05, 0) is 127 Å². The van der Waals surface area contributed by atoms with E-state index in [1.807, 2.05) is 74.5 Å². The van der Waals surface area contributed by atoms with Gasteiger partial charge in [0.2, 0.25) is 0 Å². The number of carbonyl (C=O) groups excluding carboxylic acids is 3. The van der Waals surface area contributed by atoms with Gasteiger partial charge in [0.15, 0.2) is 0 Å². The summed E-state index contributed by atoms with van der Waals surface area (Å²) in [4.78, 5) is 48.1. The van der Waals surface area contributed by atoms with Crippen LogP contribution in [0.25, 0.3) is 30.4 Å². The number of benzene rings is 8. The smallest absolute Gasteiger partial charge is 0.337 e. The molecule has 0 fully saturated rings. The number of aromatic carboxylic acids is 1. The Hall–Kier alpha value is -9.42. The van der Waals surface area contributed by atoms with Crippen molar-refractivity contribution in [3.05, 3.63) is 273 Å². The normalized spacial score (nSPS) is 10.6. The summed E-state index contributed by atoms with van der Waals surface area (Å²) in [7, 11) is 0. The number of hydrogen-bond acceptors (Lipinski definition) is 4. The van der Waals surface area contributed by atoms with Crippen LogP contribution in [0.1, 0.15) is 80.4 Å². The van der Waals surface area contributed by atoms with E-state index >= 15 is 0 Å². The number of carboxylic acids is 1. The van der Waals surface area contributed by atoms with Gasteiger partial charge in [0, 0.05) is 51.3 Å². The third kappa shape index (κ3) is 15.0. The van der Waals surface area contributed by atoms with Crippen LogP contribution < -0.4 is 16.0 Å². The number of carbonyl (C=O) groups is 4. The van der Waals surface area contributed by atoms with Crippen molar-refractivity contribution in [2.45, 2.75) is 13.8 Å². The average molecular weight is 966 g/mol. The third-order valence-corrected chi connectivity index (χ3v) is 10.7. The fourth-order valence-electron chi connectivity index (χ4n) is 6.73. The molecule has 0 aliphatic rings. The summed E-state index contributed by atoms with van der Waals surface area (Å²) in [5, 5.41) is 17.7. The summed E-state index contributed by atoms with van der Waals surface area (Å²) in [6.07, 6.45) is 8.03. The lowest BCUT2D eigenvalue weighted by Gasteiger charge is -2.10. The summed E-state index contributed by atoms with van der Waals surface area (Å²) in [5.41, 5.74) is 7.89. The summed E-state index contributed by atoms with van der Waals surface area (Å²) in [6, 6.07) is 48.9. The fraction of sp³-hybridized carbons (Fsp3) is 0.0333. The summed E-state index contributed by atoms with van der Waals surface area (Å²) >= 11 is 0. The molecule has 72 heavy (non-hydrogen) atoms. The molecule has 8 rings (SSSR count). The van der Waals surface area contributed by atoms with Gasteiger partial charge in [-0.3, -0.25) is 14.4 Å². The number of anilines is 3. The van der Waals surface area contributed by atoms with Crippen LogP contribution in [0.4, 0.5) is 34.6 Å². The monoisotopic (exact) mass is 965 g/mol. The summed E-state index contributed by atoms with van der Waals surface area (Å²) in [6.45, 7) is 7.59. The van der Waals surface area contributed by atoms with Crippen LogP contribution in [0.2, 0.25) is 0 Å². The molecule has 0 spiro atoms. The van der Waals surface area contributed by atoms with Gasteiger partial charge in [0.25, 0.3) is 17.7 Å². The standard InChI is InChI=1S/C22H15F2NO3.C22H17F2NO.C16H15NO/c23-17-10-9-15(19(24)13-17)8-6-14-7-11-18(22(27)28)20(12-14)25-21(26)16-4-2-1-3-5-16;1-15-7-8-16(9-10-17-11-12-19(23)14-20(17)24)13-21(15)25-22(26)18-5-3-2-4-6-18;1-3-13-10-9-12(2)15(11-13)17-16(18)14-7-5-4-6-8-14/h1-13H,(H,25,26)(H,27,28);2-14H,1H3,(H,25,26);3-11H,1H2,2H3,(H,17,18)/b8-6+;10-9+;. The maximum atomic E-state index is 13.7. The number of amides is 3. The quantitative estimate of drug-likeness (QED) is 0.0717. The maximum Gasteiger partial charge on any atom is 0.337 e. The molecule has 360 valence electrons. The molecule has 8 nitrogen and oxygen atoms in total. The van der Waals surface area contributed by atoms with Crippen LogP contribution in [0, 0.1) is 37.1 Å². The number of aryl methyl sites for hydroxylation is 2. The van der Waals surface area contributed by atoms with Crippen LogP contribution in [0.3, 0.4) is 0 Å². The lowest BCUT2D eigenvalue weighted by Crippen LogP contribution is -2.14. The number of halogens is 4. The van der Waals surface area contributed by atoms with E-state index in [0.717, 1.165) is 46.1 Å². The first kappa shape index (κ1) is 52.0. The van der Waals surface area contributed by atoms with Crippen molar-refractivity contribution in [1.82, 2.24) is 0 Å². The summed E-state index contributed by atoms with van der Waals surface area (Å²) in [5.74, 6) is -4.55. The zero-order valence-corrected chi connectivity index (χ0v) is 39.0. The largest absolute Gasteiger partial charge is 0.478 e. The lowest BCUT2D eigenvalue weighted by molar-refractivity contribution is 0.0697. The number of carboxylic acid groups (broad SMARTS) is 1. The van der Waals surface area contributed by atoms with Crippen LogP contribution in [-0.4, -0.2) is 28.8 Å². The molecule has 0 radical (unpaired) electrons. The third-order valence-electron chi connectivity index (χ3n) is 10.7. The minimum absolute atomic E-state index is 0.0746. The van der Waals surface area contributed by atoms with E-state index in [2.05, 4.69) is 22.5 Å². The molecule has 12 heteroatoms. The first-order chi connectivity index (χ1) is 34.7. The topological polar surface area (TPSA) is 125 Å². The highest BCUT2D eigenvalue weighted by Gasteiger charge is 2.15. The highest BCUT2D eigenvalue weighted by Crippen LogP contribution is 2.24. The molecule has 8 aromatic carbocycles. The van der Waals surface area contributed by atoms with Gasteiger partial charge in [-0.25, -0.2) is 22.4 Å². The molecular weight excluding hydrogens is 919 g/mol. The maximum absolute atomic E-state index is 13.7. The predicted molar refractivity (Wildman–Crippen MR) is 280 cm³/mol. The Balaban J connectivity index is 0.000000181. The van der Waals surface area contributed by atoms with Crippen molar-refractivity contribution in [2.75, 3.05) is 16.0 Å². The van der Waals surface area contributed by atoms with Gasteiger partial charge >= 0.3 is 5.97 Å². The SMILES string of the molecule is C=Cc1ccc(C)c(NC(=O)c2ccccc2)c1.Cc1ccc(/C=C/c2ccc(F)cc2F)cc1NC(=O)c1ccccc1.O=C(Nc1cc(/C=C/c2ccc(F)cc2F)ccc1C(=O)O)c1ccccc1. The second-order valence-electron chi connectivity index (χ2n) is 15.9. The van der Waals surface area contributed by atoms with Gasteiger partial charge in [0.05, 0.1) is 11.3 Å². The highest BCUT2D eigenvalue weighted by molar-refractivity contribution is 6.08. The van der Waals surface area contributed by atoms with Crippen LogP contribution in [0.15, 0.2) is 189 Å². The molecule has 0 heterocycles. The molecule has 0 unspecified atom stereocenters. The molecule has 0 aliphatic heterocycles. The van der Waals surface area contributed by atoms with Crippen molar-refractivity contribution in [3.63, 3.8) is 0 Å². The molecule has 0 saturated carbocycles. The van der Waals surface area contributed by atoms with Crippen molar-refractivity contribution >= 4 is 71.1 Å². The fourth-order valence-corrected chi connectivity index (χ4v) is 6.73. The zero-order chi connectivity index (χ0) is 51.6. The Bertz CT molecular complexity index is 3290. The van der Waals surface area contributed by atoms with Crippen molar-refractivity contribution in [3.8, 4) is 0 Å². The predicted octanol–water partition coefficient (Wildman–Crippen LogP) is 14.7. The Labute approximate surface area is 414 Å². The number of nitrogens with one attached hydrogen (secondary N) is 3. The van der Waals surface area contributed by atoms with Gasteiger partial charge in [-0.1, -0.05) is 122 Å². The highest BCUT2D eigenvalue weighted by atomic mass is 19.1. The van der Waals surface area contributed by atoms with Gasteiger partial charge < -0.3 is 21.1 Å². The molecule has 4 N–H and O–H groups in total. The van der Waals surface area contributed by atoms with Crippen molar-refractivity contribution < 1.29 is 41.8 Å². The number of hydrogen-bond donors (Lipinski definition) is 4. The average Bonchev–Trinajstić information content (AvgIpc) is 3.38. The second kappa shape index (κ2) is 25.3. The van der Waals surface area contributed by atoms with Crippen LogP contribution in [0.5, 0.6) is 0 Å². The van der Waals surface area contributed by atoms with E-state index in [4.69, 9.17) is 0 Å². The van der Waals surface area contributed by atoms with Crippen molar-refractivity contribution in [1.29, 1.82) is 0 Å². The van der Waals surface area contributed by atoms with E-state index in [0.29, 0.717) is 33.5 Å². The van der Waals surface area contributed by atoms with E-state index in [-0.39, 0.29) is 28.6 Å². The Morgan fingerprint density at radius 1 is 0.431 bits per heavy atom. The second-order valence-corrected chi connectivity index (χ2v) is 15.9. The van der Waals surface area contributed by atoms with Gasteiger partial charge in [-0.2, -0.15) is 0 Å². The molecule has 3 amide bonds. The summed E-state index contributed by atoms with van der Waals surface area (Å²) < 4.78 is 53.4. The molecule has 8 aromatic rings. The van der Waals surface area contributed by atoms with E-state index in [9.17, 15) is 41.8 Å². The Morgan fingerprint density at radius 2 is 0.792 bits per heavy atom. The van der Waals surface area contributed by atoms with E-state index < -0.39 is 35.1 Å². The van der Waals surface area contributed by atoms with E-state index in [1.165, 1.54) is 42.5 Å². The van der Waals surface area contributed by atoms with Crippen molar-refractivity contribution in [2.24, 2.45) is 0 Å². The lowest BCUT2D eigenvalue weighted by atomic mass is 10.1. The molecule has 0 saturated heterocycles. The van der Waals surface area contributed by atoms with Gasteiger partial charge in [-0.15, -0.1) is 0 Å². The molecule has 0 bridgehead atoms. The molecule has 0 atom stereocenters. The first-order valence-electron chi connectivity index (χ1n) is 22.2. The number of rotatable bonds is 12. The Morgan fingerprint density at radius 3 is 1.18 bits per heavy atom. The van der Waals surface area contributed by atoms with E-state index in [1.54, 1.807) is 91.0 Å². The minimum Gasteiger partial charge on any atom is -0.478 e. The minimum atomic E-state index is -1.19. The molecule has 0 aromatic heterocycles. The molecular formula is C60H47F4N3O5.